The van der Waals surface area contributed by atoms with E-state index >= 15 is 0 Å². The summed E-state index contributed by atoms with van der Waals surface area (Å²) in [7, 11) is 0. The number of halogens is 3. The first-order valence-corrected chi connectivity index (χ1v) is 12.0. The van der Waals surface area contributed by atoms with Gasteiger partial charge < -0.3 is 5.32 Å². The molecule has 8 heteroatoms. The number of anilines is 1. The average molecular weight is 577 g/mol. The number of rotatable bonds is 3. The molecule has 0 aromatic heterocycles. The molecule has 1 aliphatic heterocycles. The van der Waals surface area contributed by atoms with E-state index in [1.54, 1.807) is 6.92 Å². The molecule has 2 saturated carbocycles. The third kappa shape index (κ3) is 2.93. The summed E-state index contributed by atoms with van der Waals surface area (Å²) < 4.78 is 0.970. The van der Waals surface area contributed by atoms with Crippen LogP contribution in [-0.4, -0.2) is 38.3 Å². The minimum absolute atomic E-state index is 0.146. The quantitative estimate of drug-likeness (QED) is 0.434. The van der Waals surface area contributed by atoms with Crippen LogP contribution in [-0.2, 0) is 14.4 Å². The molecule has 3 fully saturated rings. The van der Waals surface area contributed by atoms with Crippen molar-refractivity contribution in [3.05, 3.63) is 27.7 Å². The third-order valence-corrected chi connectivity index (χ3v) is 10.6. The first-order chi connectivity index (χ1) is 13.1. The lowest BCUT2D eigenvalue weighted by molar-refractivity contribution is -0.146. The van der Waals surface area contributed by atoms with Crippen molar-refractivity contribution in [3.8, 4) is 0 Å². The largest absolute Gasteiger partial charge is 0.324 e. The molecule has 1 N–H and O–H groups in total. The van der Waals surface area contributed by atoms with E-state index in [4.69, 9.17) is 0 Å². The maximum absolute atomic E-state index is 13.1. The van der Waals surface area contributed by atoms with Crippen molar-refractivity contribution >= 4 is 71.2 Å². The SMILES string of the molecule is Cc1cc(NC(=O)[C@H](C)N2C(=O)[C@@H]3[C@H]4C[C@@H]([C@H](Br)[C@@H]4Br)[C@@H]3C2=O)c(C)cc1Br. The molecular formula is C20H21Br3N2O3. The summed E-state index contributed by atoms with van der Waals surface area (Å²) in [4.78, 5) is 40.6. The Morgan fingerprint density at radius 1 is 1.07 bits per heavy atom. The van der Waals surface area contributed by atoms with Crippen molar-refractivity contribution in [1.82, 2.24) is 4.90 Å². The molecule has 3 aliphatic rings. The van der Waals surface area contributed by atoms with E-state index in [1.165, 1.54) is 4.90 Å². The lowest BCUT2D eigenvalue weighted by Gasteiger charge is -2.28. The number of benzene rings is 1. The van der Waals surface area contributed by atoms with E-state index in [1.807, 2.05) is 26.0 Å². The fraction of sp³-hybridized carbons (Fsp3) is 0.550. The molecule has 2 aliphatic carbocycles. The van der Waals surface area contributed by atoms with Crippen LogP contribution in [0.15, 0.2) is 16.6 Å². The standard InChI is InChI=1S/C20H21Br3N2O3/c1-7-5-13(8(2)4-12(7)21)24-18(26)9(3)25-19(27)14-10-6-11(15(14)20(25)28)17(23)16(10)22/h4-5,9-11,14-17H,6H2,1-3H3,(H,24,26)/t9-,10+,11+,14-,15+,16-,17+/m0/s1. The van der Waals surface area contributed by atoms with E-state index < -0.39 is 6.04 Å². The number of imide groups is 1. The van der Waals surface area contributed by atoms with Gasteiger partial charge in [-0.25, -0.2) is 0 Å². The highest BCUT2D eigenvalue weighted by atomic mass is 79.9. The highest BCUT2D eigenvalue weighted by molar-refractivity contribution is 9.12. The van der Waals surface area contributed by atoms with E-state index in [9.17, 15) is 14.4 Å². The van der Waals surface area contributed by atoms with Crippen LogP contribution in [0.2, 0.25) is 0 Å². The highest BCUT2D eigenvalue weighted by Crippen LogP contribution is 2.60. The number of carbonyl (C=O) groups is 3. The third-order valence-electron chi connectivity index (χ3n) is 6.55. The van der Waals surface area contributed by atoms with Crippen LogP contribution < -0.4 is 5.32 Å². The molecule has 1 saturated heterocycles. The molecule has 0 spiro atoms. The maximum Gasteiger partial charge on any atom is 0.247 e. The Kier molecular flexibility index (Phi) is 5.28. The molecule has 0 radical (unpaired) electrons. The number of fused-ring (bicyclic) bond motifs is 5. The first-order valence-electron chi connectivity index (χ1n) is 9.36. The summed E-state index contributed by atoms with van der Waals surface area (Å²) in [6.45, 7) is 5.48. The topological polar surface area (TPSA) is 66.5 Å². The zero-order valence-electron chi connectivity index (χ0n) is 15.7. The van der Waals surface area contributed by atoms with Gasteiger partial charge in [-0.05, 0) is 62.3 Å². The molecule has 0 unspecified atom stereocenters. The Morgan fingerprint density at radius 2 is 1.61 bits per heavy atom. The molecule has 150 valence electrons. The predicted molar refractivity (Wildman–Crippen MR) is 118 cm³/mol. The van der Waals surface area contributed by atoms with Crippen LogP contribution in [0, 0.1) is 37.5 Å². The van der Waals surface area contributed by atoms with Crippen LogP contribution in [0.5, 0.6) is 0 Å². The van der Waals surface area contributed by atoms with Gasteiger partial charge in [-0.3, -0.25) is 19.3 Å². The first kappa shape index (κ1) is 20.5. The van der Waals surface area contributed by atoms with Crippen LogP contribution in [0.3, 0.4) is 0 Å². The molecule has 1 heterocycles. The fourth-order valence-corrected chi connectivity index (χ4v) is 7.35. The second-order valence-corrected chi connectivity index (χ2v) is 11.1. The summed E-state index contributed by atoms with van der Waals surface area (Å²) >= 11 is 10.8. The number of nitrogens with one attached hydrogen (secondary N) is 1. The van der Waals surface area contributed by atoms with Gasteiger partial charge in [0, 0.05) is 19.8 Å². The smallest absolute Gasteiger partial charge is 0.247 e. The van der Waals surface area contributed by atoms with Gasteiger partial charge >= 0.3 is 0 Å². The highest BCUT2D eigenvalue weighted by Gasteiger charge is 2.67. The number of alkyl halides is 2. The summed E-state index contributed by atoms with van der Waals surface area (Å²) in [5, 5.41) is 2.89. The van der Waals surface area contributed by atoms with Crippen LogP contribution in [0.1, 0.15) is 24.5 Å². The van der Waals surface area contributed by atoms with Crippen molar-refractivity contribution in [2.75, 3.05) is 5.32 Å². The number of hydrogen-bond donors (Lipinski definition) is 1. The van der Waals surface area contributed by atoms with E-state index in [2.05, 4.69) is 53.1 Å². The Morgan fingerprint density at radius 3 is 2.14 bits per heavy atom. The summed E-state index contributed by atoms with van der Waals surface area (Å²) in [6, 6.07) is 2.99. The van der Waals surface area contributed by atoms with Crippen LogP contribution in [0.4, 0.5) is 5.69 Å². The van der Waals surface area contributed by atoms with Crippen LogP contribution >= 0.6 is 47.8 Å². The number of carbonyl (C=O) groups excluding carboxylic acids is 3. The zero-order valence-corrected chi connectivity index (χ0v) is 20.5. The van der Waals surface area contributed by atoms with Gasteiger partial charge in [-0.1, -0.05) is 47.8 Å². The lowest BCUT2D eigenvalue weighted by Crippen LogP contribution is -2.46. The molecule has 5 nitrogen and oxygen atoms in total. The Bertz CT molecular complexity index is 858. The fourth-order valence-electron chi connectivity index (χ4n) is 5.02. The minimum atomic E-state index is -0.837. The second-order valence-electron chi connectivity index (χ2n) is 8.13. The molecule has 3 amide bonds. The summed E-state index contributed by atoms with van der Waals surface area (Å²) in [5.74, 6) is -1.05. The van der Waals surface area contributed by atoms with Gasteiger partial charge in [0.05, 0.1) is 11.8 Å². The molecule has 4 rings (SSSR count). The normalized spacial score (nSPS) is 34.7. The van der Waals surface area contributed by atoms with Crippen molar-refractivity contribution in [3.63, 3.8) is 0 Å². The number of hydrogen-bond acceptors (Lipinski definition) is 3. The number of aryl methyl sites for hydroxylation is 2. The summed E-state index contributed by atoms with van der Waals surface area (Å²) in [5.41, 5.74) is 2.61. The van der Waals surface area contributed by atoms with Gasteiger partial charge in [-0.2, -0.15) is 0 Å². The Hall–Kier alpha value is -0.730. The predicted octanol–water partition coefficient (Wildman–Crippen LogP) is 4.17. The van der Waals surface area contributed by atoms with Crippen LogP contribution in [0.25, 0.3) is 0 Å². The van der Waals surface area contributed by atoms with Gasteiger partial charge in [0.25, 0.3) is 0 Å². The van der Waals surface area contributed by atoms with Gasteiger partial charge in [0.1, 0.15) is 6.04 Å². The monoisotopic (exact) mass is 574 g/mol. The second kappa shape index (κ2) is 7.20. The zero-order chi connectivity index (χ0) is 20.5. The molecule has 7 atom stereocenters. The van der Waals surface area contributed by atoms with Gasteiger partial charge in [-0.15, -0.1) is 0 Å². The summed E-state index contributed by atoms with van der Waals surface area (Å²) in [6.07, 6.45) is 0.879. The average Bonchev–Trinajstić information content (AvgIpc) is 3.24. The Balaban J connectivity index is 1.55. The molecular weight excluding hydrogens is 556 g/mol. The van der Waals surface area contributed by atoms with Crippen molar-refractivity contribution in [2.24, 2.45) is 23.7 Å². The van der Waals surface area contributed by atoms with Crippen molar-refractivity contribution in [2.45, 2.75) is 42.9 Å². The molecule has 2 bridgehead atoms. The molecule has 28 heavy (non-hydrogen) atoms. The number of amides is 3. The number of nitrogens with zero attached hydrogens (tertiary/aromatic N) is 1. The van der Waals surface area contributed by atoms with E-state index in [0.717, 1.165) is 22.0 Å². The lowest BCUT2D eigenvalue weighted by atomic mass is 9.81. The maximum atomic E-state index is 13.1. The van der Waals surface area contributed by atoms with Gasteiger partial charge in [0.2, 0.25) is 17.7 Å². The molecule has 1 aromatic carbocycles. The minimum Gasteiger partial charge on any atom is -0.324 e. The molecule has 1 aromatic rings. The Labute approximate surface area is 189 Å². The van der Waals surface area contributed by atoms with Crippen molar-refractivity contribution < 1.29 is 14.4 Å². The number of likely N-dealkylation sites (tertiary alicyclic amines) is 1. The van der Waals surface area contributed by atoms with E-state index in [0.29, 0.717) is 5.69 Å². The van der Waals surface area contributed by atoms with Gasteiger partial charge in [0.15, 0.2) is 0 Å². The van der Waals surface area contributed by atoms with E-state index in [-0.39, 0.29) is 51.0 Å². The van der Waals surface area contributed by atoms with Crippen molar-refractivity contribution in [1.29, 1.82) is 0 Å².